The van der Waals surface area contributed by atoms with Gasteiger partial charge in [-0.15, -0.1) is 0 Å². The third kappa shape index (κ3) is 4.23. The summed E-state index contributed by atoms with van der Waals surface area (Å²) >= 11 is 0. The molecule has 2 aromatic rings. The number of hydrogen-bond acceptors (Lipinski definition) is 3. The lowest BCUT2D eigenvalue weighted by atomic mass is 9.99. The zero-order valence-corrected chi connectivity index (χ0v) is 15.0. The van der Waals surface area contributed by atoms with Crippen molar-refractivity contribution in [1.29, 1.82) is 0 Å². The number of carbonyl (C=O) groups is 1. The van der Waals surface area contributed by atoms with Crippen molar-refractivity contribution in [1.82, 2.24) is 5.32 Å². The van der Waals surface area contributed by atoms with Gasteiger partial charge in [-0.25, -0.2) is 8.42 Å². The molecule has 2 rings (SSSR count). The Balaban J connectivity index is 2.07. The number of benzene rings is 2. The number of nitrogens with one attached hydrogen (secondary N) is 1. The molecule has 0 aromatic heterocycles. The summed E-state index contributed by atoms with van der Waals surface area (Å²) in [5, 5.41) is 2.98. The summed E-state index contributed by atoms with van der Waals surface area (Å²) in [4.78, 5) is 12.7. The van der Waals surface area contributed by atoms with Crippen LogP contribution in [-0.4, -0.2) is 20.1 Å². The minimum absolute atomic E-state index is 0.0565. The molecule has 0 aliphatic rings. The van der Waals surface area contributed by atoms with E-state index < -0.39 is 9.84 Å². The van der Waals surface area contributed by atoms with Gasteiger partial charge in [0, 0.05) is 0 Å². The molecule has 0 fully saturated rings. The first-order valence-corrected chi connectivity index (χ1v) is 9.68. The number of carbonyl (C=O) groups excluding carboxylic acids is 1. The molecule has 0 spiro atoms. The highest BCUT2D eigenvalue weighted by atomic mass is 32.2. The molecule has 0 saturated heterocycles. The third-order valence-corrected chi connectivity index (χ3v) is 5.92. The normalized spacial score (nSPS) is 14.0. The molecule has 0 radical (unpaired) electrons. The fraction of sp³-hybridized carbons (Fsp3) is 0.316. The van der Waals surface area contributed by atoms with Crippen LogP contribution in [0.3, 0.4) is 0 Å². The van der Waals surface area contributed by atoms with E-state index in [1.165, 1.54) is 0 Å². The van der Waals surface area contributed by atoms with Crippen LogP contribution in [0.25, 0.3) is 0 Å². The van der Waals surface area contributed by atoms with Gasteiger partial charge in [0.1, 0.15) is 0 Å². The first-order valence-electron chi connectivity index (χ1n) is 8.03. The quantitative estimate of drug-likeness (QED) is 0.872. The molecule has 1 amide bonds. The zero-order valence-electron chi connectivity index (χ0n) is 14.2. The van der Waals surface area contributed by atoms with E-state index in [4.69, 9.17) is 0 Å². The Labute approximate surface area is 143 Å². The Hall–Kier alpha value is -2.14. The Kier molecular flexibility index (Phi) is 5.78. The maximum Gasteiger partial charge on any atom is 0.227 e. The van der Waals surface area contributed by atoms with Crippen molar-refractivity contribution in [2.24, 2.45) is 0 Å². The van der Waals surface area contributed by atoms with Crippen LogP contribution in [0.4, 0.5) is 0 Å². The van der Waals surface area contributed by atoms with Gasteiger partial charge >= 0.3 is 0 Å². The lowest BCUT2D eigenvalue weighted by Crippen LogP contribution is -2.30. The van der Waals surface area contributed by atoms with Crippen LogP contribution in [0.15, 0.2) is 59.5 Å². The van der Waals surface area contributed by atoms with Crippen molar-refractivity contribution in [3.8, 4) is 0 Å². The average Bonchev–Trinajstić information content (AvgIpc) is 2.61. The Morgan fingerprint density at radius 1 is 0.958 bits per heavy atom. The molecular formula is C19H23NO3S. The maximum atomic E-state index is 12.4. The molecule has 2 aromatic carbocycles. The first kappa shape index (κ1) is 18.2. The van der Waals surface area contributed by atoms with E-state index in [-0.39, 0.29) is 23.6 Å². The van der Waals surface area contributed by atoms with Crippen molar-refractivity contribution in [3.63, 3.8) is 0 Å². The first-order chi connectivity index (χ1) is 11.3. The van der Waals surface area contributed by atoms with E-state index in [2.05, 4.69) is 5.32 Å². The summed E-state index contributed by atoms with van der Waals surface area (Å²) in [5.74, 6) is -0.222. The monoisotopic (exact) mass is 345 g/mol. The minimum atomic E-state index is -3.20. The fourth-order valence-corrected chi connectivity index (χ4v) is 3.33. The van der Waals surface area contributed by atoms with Gasteiger partial charge in [0.15, 0.2) is 9.84 Å². The number of sulfone groups is 1. The summed E-state index contributed by atoms with van der Waals surface area (Å²) in [6.07, 6.45) is 0. The predicted molar refractivity (Wildman–Crippen MR) is 95.6 cm³/mol. The predicted octanol–water partition coefficient (Wildman–Crippen LogP) is 3.46. The third-order valence-electron chi connectivity index (χ3n) is 4.17. The fourth-order valence-electron chi connectivity index (χ4n) is 2.45. The van der Waals surface area contributed by atoms with Crippen LogP contribution in [0.5, 0.6) is 0 Å². The van der Waals surface area contributed by atoms with Gasteiger partial charge in [-0.3, -0.25) is 4.79 Å². The number of hydrogen-bond donors (Lipinski definition) is 1. The van der Waals surface area contributed by atoms with Crippen molar-refractivity contribution in [2.45, 2.75) is 37.6 Å². The SMILES string of the molecule is CCS(=O)(=O)c1ccc(C(C)NC(=O)C(C)c2ccccc2)cc1. The molecular weight excluding hydrogens is 322 g/mol. The van der Waals surface area contributed by atoms with E-state index in [0.717, 1.165) is 11.1 Å². The molecule has 0 aliphatic heterocycles. The molecule has 24 heavy (non-hydrogen) atoms. The van der Waals surface area contributed by atoms with Crippen molar-refractivity contribution >= 4 is 15.7 Å². The summed E-state index contributed by atoms with van der Waals surface area (Å²) in [6.45, 7) is 5.38. The second-order valence-electron chi connectivity index (χ2n) is 5.84. The van der Waals surface area contributed by atoms with E-state index in [9.17, 15) is 13.2 Å². The van der Waals surface area contributed by atoms with E-state index in [0.29, 0.717) is 4.90 Å². The lowest BCUT2D eigenvalue weighted by molar-refractivity contribution is -0.122. The number of amides is 1. The Bertz CT molecular complexity index is 783. The molecule has 0 saturated carbocycles. The van der Waals surface area contributed by atoms with Crippen molar-refractivity contribution in [3.05, 3.63) is 65.7 Å². The van der Waals surface area contributed by atoms with Crippen LogP contribution >= 0.6 is 0 Å². The summed E-state index contributed by atoms with van der Waals surface area (Å²) in [5.41, 5.74) is 1.84. The highest BCUT2D eigenvalue weighted by Crippen LogP contribution is 2.20. The smallest absolute Gasteiger partial charge is 0.227 e. The minimum Gasteiger partial charge on any atom is -0.349 e. The van der Waals surface area contributed by atoms with Crippen molar-refractivity contribution < 1.29 is 13.2 Å². The van der Waals surface area contributed by atoms with Crippen LogP contribution in [0.2, 0.25) is 0 Å². The van der Waals surface area contributed by atoms with Gasteiger partial charge in [0.05, 0.1) is 22.6 Å². The van der Waals surface area contributed by atoms with Crippen LogP contribution in [0.1, 0.15) is 43.9 Å². The molecule has 0 heterocycles. The Morgan fingerprint density at radius 3 is 2.08 bits per heavy atom. The topological polar surface area (TPSA) is 63.2 Å². The standard InChI is InChI=1S/C19H23NO3S/c1-4-24(22,23)18-12-10-17(11-13-18)15(3)20-19(21)14(2)16-8-6-5-7-9-16/h5-15H,4H2,1-3H3,(H,20,21). The maximum absolute atomic E-state index is 12.4. The zero-order chi connectivity index (χ0) is 17.7. The molecule has 2 unspecified atom stereocenters. The second-order valence-corrected chi connectivity index (χ2v) is 8.11. The van der Waals surface area contributed by atoms with Gasteiger partial charge in [-0.2, -0.15) is 0 Å². The molecule has 2 atom stereocenters. The molecule has 0 aliphatic carbocycles. The van der Waals surface area contributed by atoms with Gasteiger partial charge in [-0.05, 0) is 37.1 Å². The second kappa shape index (κ2) is 7.62. The molecule has 5 heteroatoms. The van der Waals surface area contributed by atoms with Gasteiger partial charge in [-0.1, -0.05) is 49.4 Å². The van der Waals surface area contributed by atoms with Gasteiger partial charge in [0.2, 0.25) is 5.91 Å². The average molecular weight is 345 g/mol. The number of rotatable bonds is 6. The highest BCUT2D eigenvalue weighted by Gasteiger charge is 2.18. The molecule has 1 N–H and O–H groups in total. The molecule has 4 nitrogen and oxygen atoms in total. The van der Waals surface area contributed by atoms with Gasteiger partial charge < -0.3 is 5.32 Å². The van der Waals surface area contributed by atoms with Crippen LogP contribution in [0, 0.1) is 0 Å². The van der Waals surface area contributed by atoms with E-state index in [1.54, 1.807) is 31.2 Å². The molecule has 128 valence electrons. The summed E-state index contributed by atoms with van der Waals surface area (Å²) in [6, 6.07) is 16.1. The highest BCUT2D eigenvalue weighted by molar-refractivity contribution is 7.91. The molecule has 0 bridgehead atoms. The van der Waals surface area contributed by atoms with Gasteiger partial charge in [0.25, 0.3) is 0 Å². The summed E-state index contributed by atoms with van der Waals surface area (Å²) < 4.78 is 23.7. The van der Waals surface area contributed by atoms with E-state index in [1.807, 2.05) is 44.2 Å². The van der Waals surface area contributed by atoms with E-state index >= 15 is 0 Å². The lowest BCUT2D eigenvalue weighted by Gasteiger charge is -2.18. The Morgan fingerprint density at radius 2 is 1.54 bits per heavy atom. The van der Waals surface area contributed by atoms with Crippen LogP contribution < -0.4 is 5.32 Å². The largest absolute Gasteiger partial charge is 0.349 e. The van der Waals surface area contributed by atoms with Crippen LogP contribution in [-0.2, 0) is 14.6 Å². The summed E-state index contributed by atoms with van der Waals surface area (Å²) in [7, 11) is -3.20. The van der Waals surface area contributed by atoms with Crippen molar-refractivity contribution in [2.75, 3.05) is 5.75 Å².